The Bertz CT molecular complexity index is 446. The molecular formula is C11H12F3NO3. The molecule has 1 heterocycles. The van der Waals surface area contributed by atoms with Crippen molar-refractivity contribution < 1.29 is 27.8 Å². The minimum absolute atomic E-state index is 0.213. The van der Waals surface area contributed by atoms with Crippen LogP contribution < -0.4 is 4.74 Å². The lowest BCUT2D eigenvalue weighted by molar-refractivity contribution is -0.139. The van der Waals surface area contributed by atoms with Crippen LogP contribution in [0.3, 0.4) is 0 Å². The molecule has 0 fully saturated rings. The molecule has 100 valence electrons. The average molecular weight is 263 g/mol. The molecule has 7 heteroatoms. The second-order valence-electron chi connectivity index (χ2n) is 3.82. The molecule has 1 unspecified atom stereocenters. The number of alkyl halides is 3. The maximum absolute atomic E-state index is 12.7. The highest BCUT2D eigenvalue weighted by Gasteiger charge is 2.35. The number of ether oxygens (including phenoxy) is 1. The summed E-state index contributed by atoms with van der Waals surface area (Å²) in [5.74, 6) is -2.15. The zero-order valence-electron chi connectivity index (χ0n) is 9.78. The van der Waals surface area contributed by atoms with Crippen molar-refractivity contribution in [1.29, 1.82) is 0 Å². The molecule has 0 aliphatic carbocycles. The van der Waals surface area contributed by atoms with Gasteiger partial charge in [0.1, 0.15) is 5.56 Å². The number of carboxylic acids is 1. The Morgan fingerprint density at radius 2 is 2.17 bits per heavy atom. The molecule has 0 aromatic carbocycles. The predicted octanol–water partition coefficient (Wildman–Crippen LogP) is 2.69. The summed E-state index contributed by atoms with van der Waals surface area (Å²) in [5, 5.41) is 8.61. The van der Waals surface area contributed by atoms with Crippen LogP contribution in [0.2, 0.25) is 0 Å². The topological polar surface area (TPSA) is 59.4 Å². The van der Waals surface area contributed by atoms with Gasteiger partial charge in [0, 0.05) is 6.20 Å². The number of hydrogen-bond donors (Lipinski definition) is 1. The largest absolute Gasteiger partial charge is 0.481 e. The van der Waals surface area contributed by atoms with E-state index in [-0.39, 0.29) is 12.0 Å². The Labute approximate surface area is 101 Å². The Hall–Kier alpha value is -1.79. The molecular weight excluding hydrogens is 251 g/mol. The van der Waals surface area contributed by atoms with Gasteiger partial charge in [0.2, 0.25) is 5.88 Å². The highest BCUT2D eigenvalue weighted by atomic mass is 19.4. The van der Waals surface area contributed by atoms with E-state index in [0.29, 0.717) is 0 Å². The molecule has 0 saturated heterocycles. The van der Waals surface area contributed by atoms with Gasteiger partial charge in [-0.05, 0) is 17.5 Å². The third-order valence-corrected chi connectivity index (χ3v) is 2.42. The van der Waals surface area contributed by atoms with E-state index in [2.05, 4.69) is 9.72 Å². The third-order valence-electron chi connectivity index (χ3n) is 2.42. The summed E-state index contributed by atoms with van der Waals surface area (Å²) in [7, 11) is 1.10. The predicted molar refractivity (Wildman–Crippen MR) is 56.5 cm³/mol. The number of pyridine rings is 1. The zero-order valence-corrected chi connectivity index (χ0v) is 9.78. The molecule has 0 amide bonds. The number of aliphatic carboxylic acids is 1. The molecule has 18 heavy (non-hydrogen) atoms. The number of methoxy groups -OCH3 is 1. The van der Waals surface area contributed by atoms with Gasteiger partial charge >= 0.3 is 12.1 Å². The van der Waals surface area contributed by atoms with Gasteiger partial charge in [0.15, 0.2) is 0 Å². The summed E-state index contributed by atoms with van der Waals surface area (Å²) >= 11 is 0. The van der Waals surface area contributed by atoms with Gasteiger partial charge in [-0.1, -0.05) is 6.92 Å². The third kappa shape index (κ3) is 3.35. The molecule has 0 radical (unpaired) electrons. The number of nitrogens with zero attached hydrogens (tertiary/aromatic N) is 1. The maximum atomic E-state index is 12.7. The molecule has 0 saturated carbocycles. The molecule has 0 spiro atoms. The second kappa shape index (κ2) is 5.24. The molecule has 0 bridgehead atoms. The van der Waals surface area contributed by atoms with Crippen LogP contribution in [0.25, 0.3) is 0 Å². The van der Waals surface area contributed by atoms with E-state index < -0.39 is 29.5 Å². The Balaban J connectivity index is 3.14. The van der Waals surface area contributed by atoms with Gasteiger partial charge in [-0.3, -0.25) is 4.79 Å². The number of carboxylic acid groups (broad SMARTS) is 1. The maximum Gasteiger partial charge on any atom is 0.421 e. The second-order valence-corrected chi connectivity index (χ2v) is 3.82. The number of rotatable bonds is 4. The van der Waals surface area contributed by atoms with Gasteiger partial charge < -0.3 is 9.84 Å². The van der Waals surface area contributed by atoms with Crippen LogP contribution in [0.5, 0.6) is 5.88 Å². The molecule has 1 rings (SSSR count). The summed E-state index contributed by atoms with van der Waals surface area (Å²) in [5.41, 5.74) is -0.787. The zero-order chi connectivity index (χ0) is 13.9. The Morgan fingerprint density at radius 3 is 2.61 bits per heavy atom. The van der Waals surface area contributed by atoms with Crippen molar-refractivity contribution in [3.8, 4) is 5.88 Å². The molecule has 1 aromatic rings. The van der Waals surface area contributed by atoms with Crippen molar-refractivity contribution in [2.45, 2.75) is 25.4 Å². The minimum Gasteiger partial charge on any atom is -0.481 e. The first-order valence-electron chi connectivity index (χ1n) is 5.08. The van der Waals surface area contributed by atoms with Crippen LogP contribution in [-0.4, -0.2) is 23.2 Å². The van der Waals surface area contributed by atoms with Gasteiger partial charge in [-0.15, -0.1) is 0 Å². The number of carbonyl (C=O) groups is 1. The van der Waals surface area contributed by atoms with E-state index in [1.807, 2.05) is 0 Å². The van der Waals surface area contributed by atoms with Crippen molar-refractivity contribution in [2.75, 3.05) is 7.11 Å². The summed E-state index contributed by atoms with van der Waals surface area (Å²) in [6.07, 6.45) is -3.65. The standard InChI is InChI=1S/C11H12F3NO3/c1-6(3-9(16)17)7-4-8(11(12,13)14)10(18-2)15-5-7/h4-6H,3H2,1-2H3,(H,16,17). The molecule has 4 nitrogen and oxygen atoms in total. The minimum atomic E-state index is -4.59. The number of aromatic nitrogens is 1. The highest BCUT2D eigenvalue weighted by Crippen LogP contribution is 2.36. The van der Waals surface area contributed by atoms with Gasteiger partial charge in [0.25, 0.3) is 0 Å². The van der Waals surface area contributed by atoms with E-state index in [1.165, 1.54) is 13.1 Å². The Kier molecular flexibility index (Phi) is 4.15. The first-order valence-corrected chi connectivity index (χ1v) is 5.08. The first kappa shape index (κ1) is 14.3. The summed E-state index contributed by atoms with van der Waals surface area (Å²) < 4.78 is 42.7. The fraction of sp³-hybridized carbons (Fsp3) is 0.455. The van der Waals surface area contributed by atoms with Gasteiger partial charge in [-0.25, -0.2) is 4.98 Å². The monoisotopic (exact) mass is 263 g/mol. The molecule has 1 aromatic heterocycles. The van der Waals surface area contributed by atoms with Crippen LogP contribution in [0.4, 0.5) is 13.2 Å². The van der Waals surface area contributed by atoms with Crippen molar-refractivity contribution >= 4 is 5.97 Å². The van der Waals surface area contributed by atoms with E-state index in [0.717, 1.165) is 13.2 Å². The smallest absolute Gasteiger partial charge is 0.421 e. The van der Waals surface area contributed by atoms with Crippen molar-refractivity contribution in [1.82, 2.24) is 4.98 Å². The lowest BCUT2D eigenvalue weighted by Crippen LogP contribution is -2.11. The van der Waals surface area contributed by atoms with E-state index >= 15 is 0 Å². The van der Waals surface area contributed by atoms with Crippen molar-refractivity contribution in [2.24, 2.45) is 0 Å². The van der Waals surface area contributed by atoms with Crippen molar-refractivity contribution in [3.05, 3.63) is 23.4 Å². The van der Waals surface area contributed by atoms with E-state index in [1.54, 1.807) is 0 Å². The highest BCUT2D eigenvalue weighted by molar-refractivity contribution is 5.68. The van der Waals surface area contributed by atoms with Crippen LogP contribution in [0, 0.1) is 0 Å². The van der Waals surface area contributed by atoms with E-state index in [4.69, 9.17) is 5.11 Å². The van der Waals surface area contributed by atoms with Gasteiger partial charge in [-0.2, -0.15) is 13.2 Å². The quantitative estimate of drug-likeness (QED) is 0.907. The summed E-state index contributed by atoms with van der Waals surface area (Å²) in [4.78, 5) is 14.1. The molecule has 0 aliphatic heterocycles. The van der Waals surface area contributed by atoms with Crippen LogP contribution in [0.15, 0.2) is 12.3 Å². The number of halogens is 3. The first-order chi connectivity index (χ1) is 8.25. The normalized spacial score (nSPS) is 13.2. The Morgan fingerprint density at radius 1 is 1.56 bits per heavy atom. The van der Waals surface area contributed by atoms with E-state index in [9.17, 15) is 18.0 Å². The number of hydrogen-bond acceptors (Lipinski definition) is 3. The van der Waals surface area contributed by atoms with Crippen LogP contribution in [0.1, 0.15) is 30.4 Å². The molecule has 1 N–H and O–H groups in total. The van der Waals surface area contributed by atoms with Gasteiger partial charge in [0.05, 0.1) is 13.5 Å². The van der Waals surface area contributed by atoms with Crippen LogP contribution >= 0.6 is 0 Å². The summed E-state index contributed by atoms with van der Waals surface area (Å²) in [6.45, 7) is 1.53. The lowest BCUT2D eigenvalue weighted by Gasteiger charge is -2.14. The molecule has 0 aliphatic rings. The lowest BCUT2D eigenvalue weighted by atomic mass is 9.98. The fourth-order valence-corrected chi connectivity index (χ4v) is 1.48. The fourth-order valence-electron chi connectivity index (χ4n) is 1.48. The van der Waals surface area contributed by atoms with Crippen molar-refractivity contribution in [3.63, 3.8) is 0 Å². The summed E-state index contributed by atoms with van der Waals surface area (Å²) in [6, 6.07) is 0.874. The SMILES string of the molecule is COc1ncc(C(C)CC(=O)O)cc1C(F)(F)F. The average Bonchev–Trinajstić information content (AvgIpc) is 2.26. The molecule has 1 atom stereocenters. The van der Waals surface area contributed by atoms with Crippen LogP contribution in [-0.2, 0) is 11.0 Å².